The molecule has 0 saturated heterocycles. The minimum Gasteiger partial charge on any atom is -0.320 e. The number of nitrogens with one attached hydrogen (secondary N) is 1. The van der Waals surface area contributed by atoms with Crippen molar-refractivity contribution in [3.8, 4) is 0 Å². The van der Waals surface area contributed by atoms with E-state index in [0.717, 1.165) is 35.0 Å². The molecule has 1 aromatic carbocycles. The number of carbonyl (C=O) groups excluding carboxylic acids is 1. The van der Waals surface area contributed by atoms with Gasteiger partial charge in [-0.05, 0) is 25.3 Å². The largest absolute Gasteiger partial charge is 0.320 e. The minimum absolute atomic E-state index is 0.0631. The number of benzene rings is 1. The summed E-state index contributed by atoms with van der Waals surface area (Å²) in [4.78, 5) is 24.7. The number of carbonyl (C=O) groups is 1. The zero-order chi connectivity index (χ0) is 16.4. The molecule has 0 radical (unpaired) electrons. The monoisotopic (exact) mass is 369 g/mol. The Balaban J connectivity index is 2.55. The summed E-state index contributed by atoms with van der Waals surface area (Å²) in [6.07, 6.45) is 1.83. The van der Waals surface area contributed by atoms with Crippen molar-refractivity contribution in [2.45, 2.75) is 46.2 Å². The number of amides is 1. The smallest absolute Gasteiger partial charge is 0.294 e. The van der Waals surface area contributed by atoms with Crippen LogP contribution in [0.1, 0.15) is 38.3 Å². The van der Waals surface area contributed by atoms with Gasteiger partial charge in [-0.2, -0.15) is 0 Å². The Morgan fingerprint density at radius 1 is 1.55 bits per heavy atom. The number of nitrogens with zero attached hydrogens (tertiary/aromatic N) is 2. The Morgan fingerprint density at radius 2 is 2.23 bits per heavy atom. The standard InChI is InChI=1S/C15H20BrN3O3/c1-4-9(2)18-6-5-11-12(8-18)15(17-10(3)20)14(19(21)22)7-13(11)16/h7,9H,4-6,8H2,1-3H3,(H,17,20). The summed E-state index contributed by atoms with van der Waals surface area (Å²) in [5.41, 5.74) is 2.17. The molecule has 1 aliphatic rings. The van der Waals surface area contributed by atoms with Gasteiger partial charge in [-0.3, -0.25) is 19.8 Å². The number of hydrogen-bond donors (Lipinski definition) is 1. The minimum atomic E-state index is -0.446. The number of nitro benzene ring substituents is 1. The van der Waals surface area contributed by atoms with Gasteiger partial charge in [-0.25, -0.2) is 0 Å². The fourth-order valence-electron chi connectivity index (χ4n) is 2.81. The summed E-state index contributed by atoms with van der Waals surface area (Å²) >= 11 is 3.44. The number of hydrogen-bond acceptors (Lipinski definition) is 4. The molecule has 0 bridgehead atoms. The Morgan fingerprint density at radius 3 is 2.77 bits per heavy atom. The molecule has 2 rings (SSSR count). The van der Waals surface area contributed by atoms with Crippen LogP contribution in [-0.2, 0) is 17.8 Å². The van der Waals surface area contributed by atoms with Crippen molar-refractivity contribution in [1.82, 2.24) is 4.90 Å². The molecule has 7 heteroatoms. The van der Waals surface area contributed by atoms with E-state index in [0.29, 0.717) is 18.3 Å². The van der Waals surface area contributed by atoms with Crippen molar-refractivity contribution in [3.05, 3.63) is 31.8 Å². The van der Waals surface area contributed by atoms with Crippen molar-refractivity contribution < 1.29 is 9.72 Å². The van der Waals surface area contributed by atoms with Crippen LogP contribution in [0.15, 0.2) is 10.5 Å². The third kappa shape index (κ3) is 3.30. The summed E-state index contributed by atoms with van der Waals surface area (Å²) in [6, 6.07) is 1.89. The molecule has 22 heavy (non-hydrogen) atoms. The number of rotatable bonds is 4. The van der Waals surface area contributed by atoms with Gasteiger partial charge in [-0.1, -0.05) is 22.9 Å². The first-order chi connectivity index (χ1) is 10.3. The van der Waals surface area contributed by atoms with Gasteiger partial charge < -0.3 is 5.32 Å². The average molecular weight is 370 g/mol. The SMILES string of the molecule is CCC(C)N1CCc2c(Br)cc([N+](=O)[O-])c(NC(C)=O)c2C1. The highest BCUT2D eigenvalue weighted by atomic mass is 79.9. The van der Waals surface area contributed by atoms with Crippen LogP contribution in [0, 0.1) is 10.1 Å². The molecule has 1 atom stereocenters. The highest BCUT2D eigenvalue weighted by molar-refractivity contribution is 9.10. The van der Waals surface area contributed by atoms with Crippen molar-refractivity contribution >= 4 is 33.2 Å². The first-order valence-electron chi connectivity index (χ1n) is 7.35. The second kappa shape index (κ2) is 6.75. The van der Waals surface area contributed by atoms with Gasteiger partial charge in [0.05, 0.1) is 4.92 Å². The van der Waals surface area contributed by atoms with Crippen LogP contribution in [0.5, 0.6) is 0 Å². The van der Waals surface area contributed by atoms with Gasteiger partial charge in [0.1, 0.15) is 5.69 Å². The maximum absolute atomic E-state index is 11.5. The highest BCUT2D eigenvalue weighted by Crippen LogP contribution is 2.39. The van der Waals surface area contributed by atoms with Crippen LogP contribution >= 0.6 is 15.9 Å². The van der Waals surface area contributed by atoms with Crippen LogP contribution < -0.4 is 5.32 Å². The predicted molar refractivity (Wildman–Crippen MR) is 89.0 cm³/mol. The number of nitro groups is 1. The summed E-state index contributed by atoms with van der Waals surface area (Å²) in [7, 11) is 0. The molecule has 0 aromatic heterocycles. The molecule has 0 saturated carbocycles. The normalized spacial score (nSPS) is 16.0. The van der Waals surface area contributed by atoms with E-state index in [-0.39, 0.29) is 11.6 Å². The van der Waals surface area contributed by atoms with Gasteiger partial charge in [0.15, 0.2) is 0 Å². The van der Waals surface area contributed by atoms with Crippen LogP contribution in [0.2, 0.25) is 0 Å². The number of anilines is 1. The first-order valence-corrected chi connectivity index (χ1v) is 8.14. The summed E-state index contributed by atoms with van der Waals surface area (Å²) in [5.74, 6) is -0.298. The topological polar surface area (TPSA) is 75.5 Å². The lowest BCUT2D eigenvalue weighted by Gasteiger charge is -2.34. The van der Waals surface area contributed by atoms with E-state index in [2.05, 4.69) is 40.0 Å². The third-order valence-electron chi connectivity index (χ3n) is 4.20. The van der Waals surface area contributed by atoms with E-state index in [4.69, 9.17) is 0 Å². The zero-order valence-corrected chi connectivity index (χ0v) is 14.6. The second-order valence-corrected chi connectivity index (χ2v) is 6.48. The molecule has 1 N–H and O–H groups in total. The maximum atomic E-state index is 11.5. The van der Waals surface area contributed by atoms with Crippen LogP contribution in [0.25, 0.3) is 0 Å². The maximum Gasteiger partial charge on any atom is 0.294 e. The van der Waals surface area contributed by atoms with Crippen molar-refractivity contribution in [3.63, 3.8) is 0 Å². The molecule has 0 spiro atoms. The first kappa shape index (κ1) is 16.9. The summed E-state index contributed by atoms with van der Waals surface area (Å²) in [6.45, 7) is 7.17. The molecule has 120 valence electrons. The molecular formula is C15H20BrN3O3. The lowest BCUT2D eigenvalue weighted by molar-refractivity contribution is -0.384. The summed E-state index contributed by atoms with van der Waals surface area (Å²) in [5, 5.41) is 14.0. The molecule has 6 nitrogen and oxygen atoms in total. The van der Waals surface area contributed by atoms with Gasteiger partial charge in [-0.15, -0.1) is 0 Å². The molecule has 1 heterocycles. The average Bonchev–Trinajstić information content (AvgIpc) is 2.48. The number of halogens is 1. The van der Waals surface area contributed by atoms with Crippen molar-refractivity contribution in [1.29, 1.82) is 0 Å². The molecule has 0 aliphatic carbocycles. The van der Waals surface area contributed by atoms with Crippen molar-refractivity contribution in [2.24, 2.45) is 0 Å². The van der Waals surface area contributed by atoms with Gasteiger partial charge >= 0.3 is 0 Å². The third-order valence-corrected chi connectivity index (χ3v) is 4.90. The Labute approximate surface area is 138 Å². The van der Waals surface area contributed by atoms with E-state index in [1.54, 1.807) is 0 Å². The van der Waals surface area contributed by atoms with Gasteiger partial charge in [0, 0.05) is 42.2 Å². The lowest BCUT2D eigenvalue weighted by atomic mass is 9.95. The molecule has 1 aromatic rings. The molecule has 1 unspecified atom stereocenters. The van der Waals surface area contributed by atoms with Gasteiger partial charge in [0.2, 0.25) is 5.91 Å². The Hall–Kier alpha value is -1.47. The number of fused-ring (bicyclic) bond motifs is 1. The van der Waals surface area contributed by atoms with E-state index >= 15 is 0 Å². The zero-order valence-electron chi connectivity index (χ0n) is 13.0. The summed E-state index contributed by atoms with van der Waals surface area (Å²) < 4.78 is 0.743. The quantitative estimate of drug-likeness (QED) is 0.651. The van der Waals surface area contributed by atoms with E-state index in [1.165, 1.54) is 13.0 Å². The highest BCUT2D eigenvalue weighted by Gasteiger charge is 2.29. The molecule has 0 fully saturated rings. The Bertz CT molecular complexity index is 619. The molecule has 1 aliphatic heterocycles. The van der Waals surface area contributed by atoms with Crippen LogP contribution in [0.3, 0.4) is 0 Å². The Kier molecular flexibility index (Phi) is 5.18. The van der Waals surface area contributed by atoms with E-state index in [1.807, 2.05) is 0 Å². The van der Waals surface area contributed by atoms with Gasteiger partial charge in [0.25, 0.3) is 5.69 Å². The van der Waals surface area contributed by atoms with Crippen molar-refractivity contribution in [2.75, 3.05) is 11.9 Å². The van der Waals surface area contributed by atoms with E-state index in [9.17, 15) is 14.9 Å². The van der Waals surface area contributed by atoms with E-state index < -0.39 is 4.92 Å². The van der Waals surface area contributed by atoms with Crippen LogP contribution in [-0.4, -0.2) is 28.3 Å². The predicted octanol–water partition coefficient (Wildman–Crippen LogP) is 3.47. The molecule has 1 amide bonds. The second-order valence-electron chi connectivity index (χ2n) is 5.63. The van der Waals surface area contributed by atoms with Crippen LogP contribution in [0.4, 0.5) is 11.4 Å². The fraction of sp³-hybridized carbons (Fsp3) is 0.533. The lowest BCUT2D eigenvalue weighted by Crippen LogP contribution is -2.38. The fourth-order valence-corrected chi connectivity index (χ4v) is 3.46. The molecular weight excluding hydrogens is 350 g/mol.